The van der Waals surface area contributed by atoms with Crippen LogP contribution in [0.3, 0.4) is 0 Å². The third-order valence-electron chi connectivity index (χ3n) is 2.94. The second kappa shape index (κ2) is 5.38. The van der Waals surface area contributed by atoms with Crippen LogP contribution in [0.2, 0.25) is 5.02 Å². The topological polar surface area (TPSA) is 63.4 Å². The van der Waals surface area contributed by atoms with Crippen LogP contribution in [0.15, 0.2) is 57.7 Å². The van der Waals surface area contributed by atoms with Crippen molar-refractivity contribution in [2.75, 3.05) is 4.90 Å². The van der Waals surface area contributed by atoms with Gasteiger partial charge in [0.05, 0.1) is 16.6 Å². The Hall–Kier alpha value is -2.66. The first-order chi connectivity index (χ1) is 10.2. The van der Waals surface area contributed by atoms with E-state index in [-0.39, 0.29) is 6.01 Å². The first kappa shape index (κ1) is 13.3. The molecule has 1 heterocycles. The molecule has 0 aliphatic heterocycles. The predicted molar refractivity (Wildman–Crippen MR) is 79.9 cm³/mol. The number of halogens is 1. The van der Waals surface area contributed by atoms with Gasteiger partial charge >= 0.3 is 11.6 Å². The highest BCUT2D eigenvalue weighted by Crippen LogP contribution is 2.24. The van der Waals surface area contributed by atoms with Crippen LogP contribution in [0.5, 0.6) is 0 Å². The summed E-state index contributed by atoms with van der Waals surface area (Å²) in [6, 6.07) is 13.2. The summed E-state index contributed by atoms with van der Waals surface area (Å²) in [5.41, 5.74) is 0.418. The molecule has 0 unspecified atom stereocenters. The molecule has 0 aliphatic rings. The van der Waals surface area contributed by atoms with Gasteiger partial charge in [0.2, 0.25) is 6.41 Å². The maximum atomic E-state index is 11.9. The molecular weight excluding hydrogens is 292 g/mol. The SMILES string of the molecule is O=CN(c1ccc(Cl)cc1)c1nc2ccccc2c(=O)o1. The van der Waals surface area contributed by atoms with Crippen LogP contribution in [0.1, 0.15) is 0 Å². The number of hydrogen-bond donors (Lipinski definition) is 0. The van der Waals surface area contributed by atoms with Gasteiger partial charge in [-0.15, -0.1) is 0 Å². The number of fused-ring (bicyclic) bond motifs is 1. The van der Waals surface area contributed by atoms with E-state index >= 15 is 0 Å². The molecule has 0 N–H and O–H groups in total. The highest BCUT2D eigenvalue weighted by molar-refractivity contribution is 6.30. The molecule has 6 heteroatoms. The summed E-state index contributed by atoms with van der Waals surface area (Å²) in [5.74, 6) is 0. The van der Waals surface area contributed by atoms with Crippen LogP contribution in [-0.2, 0) is 4.79 Å². The number of carbonyl (C=O) groups excluding carboxylic acids is 1. The van der Waals surface area contributed by atoms with Crippen LogP contribution in [0, 0.1) is 0 Å². The van der Waals surface area contributed by atoms with Gasteiger partial charge in [-0.05, 0) is 36.4 Å². The van der Waals surface area contributed by atoms with Crippen LogP contribution in [0.25, 0.3) is 10.9 Å². The molecule has 1 aromatic heterocycles. The third-order valence-corrected chi connectivity index (χ3v) is 3.19. The number of amides is 1. The van der Waals surface area contributed by atoms with E-state index in [9.17, 15) is 9.59 Å². The molecule has 0 bridgehead atoms. The number of hydrogen-bond acceptors (Lipinski definition) is 4. The monoisotopic (exact) mass is 300 g/mol. The summed E-state index contributed by atoms with van der Waals surface area (Å²) in [6.07, 6.45) is 0.531. The van der Waals surface area contributed by atoms with Crippen LogP contribution < -0.4 is 10.5 Å². The number of nitrogens with zero attached hydrogens (tertiary/aromatic N) is 2. The Morgan fingerprint density at radius 1 is 1.10 bits per heavy atom. The average molecular weight is 301 g/mol. The lowest BCUT2D eigenvalue weighted by Crippen LogP contribution is -2.18. The van der Waals surface area contributed by atoms with Crippen molar-refractivity contribution in [3.05, 3.63) is 64.0 Å². The second-order valence-corrected chi connectivity index (χ2v) is 4.69. The highest BCUT2D eigenvalue weighted by Gasteiger charge is 2.15. The van der Waals surface area contributed by atoms with Crippen molar-refractivity contribution in [3.8, 4) is 0 Å². The van der Waals surface area contributed by atoms with Gasteiger partial charge in [-0.2, -0.15) is 4.98 Å². The molecule has 0 spiro atoms. The van der Waals surface area contributed by atoms with Crippen molar-refractivity contribution >= 4 is 40.6 Å². The average Bonchev–Trinajstić information content (AvgIpc) is 2.50. The first-order valence-electron chi connectivity index (χ1n) is 6.09. The molecule has 0 aliphatic carbocycles. The number of para-hydroxylation sites is 1. The van der Waals surface area contributed by atoms with E-state index in [4.69, 9.17) is 16.0 Å². The molecular formula is C15H9ClN2O3. The van der Waals surface area contributed by atoms with E-state index in [0.29, 0.717) is 28.0 Å². The van der Waals surface area contributed by atoms with E-state index in [2.05, 4.69) is 4.98 Å². The van der Waals surface area contributed by atoms with Gasteiger partial charge in [0.1, 0.15) is 0 Å². The molecule has 21 heavy (non-hydrogen) atoms. The Morgan fingerprint density at radius 2 is 1.81 bits per heavy atom. The lowest BCUT2D eigenvalue weighted by atomic mass is 10.2. The van der Waals surface area contributed by atoms with Gasteiger partial charge in [-0.25, -0.2) is 9.69 Å². The molecule has 0 fully saturated rings. The lowest BCUT2D eigenvalue weighted by Gasteiger charge is -2.14. The first-order valence-corrected chi connectivity index (χ1v) is 6.47. The largest absolute Gasteiger partial charge is 0.388 e. The summed E-state index contributed by atoms with van der Waals surface area (Å²) < 4.78 is 5.12. The van der Waals surface area contributed by atoms with Gasteiger partial charge in [-0.3, -0.25) is 4.79 Å². The highest BCUT2D eigenvalue weighted by atomic mass is 35.5. The fraction of sp³-hybridized carbons (Fsp3) is 0. The van der Waals surface area contributed by atoms with Crippen LogP contribution >= 0.6 is 11.6 Å². The summed E-state index contributed by atoms with van der Waals surface area (Å²) in [6.45, 7) is 0. The number of benzene rings is 2. The van der Waals surface area contributed by atoms with Crippen molar-refractivity contribution in [2.45, 2.75) is 0 Å². The molecule has 0 radical (unpaired) electrons. The molecule has 104 valence electrons. The van der Waals surface area contributed by atoms with E-state index in [0.717, 1.165) is 4.90 Å². The minimum atomic E-state index is -0.545. The standard InChI is InChI=1S/C15H9ClN2O3/c16-10-5-7-11(8-6-10)18(9-19)15-17-13-4-2-1-3-12(13)14(20)21-15/h1-9H. The molecule has 3 aromatic rings. The summed E-state index contributed by atoms with van der Waals surface area (Å²) in [7, 11) is 0. The van der Waals surface area contributed by atoms with Crippen molar-refractivity contribution < 1.29 is 9.21 Å². The summed E-state index contributed by atoms with van der Waals surface area (Å²) in [4.78, 5) is 28.6. The molecule has 3 rings (SSSR count). The van der Waals surface area contributed by atoms with Crippen LogP contribution in [-0.4, -0.2) is 11.4 Å². The van der Waals surface area contributed by atoms with Crippen molar-refractivity contribution in [1.82, 2.24) is 4.98 Å². The molecule has 0 saturated carbocycles. The normalized spacial score (nSPS) is 10.5. The minimum Gasteiger partial charge on any atom is -0.388 e. The quantitative estimate of drug-likeness (QED) is 0.697. The fourth-order valence-corrected chi connectivity index (χ4v) is 2.05. The summed E-state index contributed by atoms with van der Waals surface area (Å²) in [5, 5.41) is 0.903. The Labute approximate surface area is 124 Å². The van der Waals surface area contributed by atoms with Crippen molar-refractivity contribution in [3.63, 3.8) is 0 Å². The smallest absolute Gasteiger partial charge is 0.348 e. The van der Waals surface area contributed by atoms with Gasteiger partial charge in [-0.1, -0.05) is 23.7 Å². The van der Waals surface area contributed by atoms with E-state index in [1.165, 1.54) is 0 Å². The molecule has 5 nitrogen and oxygen atoms in total. The fourth-order valence-electron chi connectivity index (χ4n) is 1.93. The Balaban J connectivity index is 2.15. The lowest BCUT2D eigenvalue weighted by molar-refractivity contribution is -0.107. The zero-order valence-electron chi connectivity index (χ0n) is 10.7. The van der Waals surface area contributed by atoms with Crippen molar-refractivity contribution in [2.24, 2.45) is 0 Å². The molecule has 0 saturated heterocycles. The maximum Gasteiger partial charge on any atom is 0.348 e. The zero-order valence-corrected chi connectivity index (χ0v) is 11.4. The van der Waals surface area contributed by atoms with E-state index in [1.807, 2.05) is 0 Å². The second-order valence-electron chi connectivity index (χ2n) is 4.25. The van der Waals surface area contributed by atoms with Gasteiger partial charge in [0.25, 0.3) is 0 Å². The Bertz CT molecular complexity index is 859. The Morgan fingerprint density at radius 3 is 2.52 bits per heavy atom. The Kier molecular flexibility index (Phi) is 3.41. The number of aromatic nitrogens is 1. The minimum absolute atomic E-state index is 0.0870. The van der Waals surface area contributed by atoms with Crippen molar-refractivity contribution in [1.29, 1.82) is 0 Å². The molecule has 1 amide bonds. The number of carbonyl (C=O) groups is 1. The molecule has 2 aromatic carbocycles. The van der Waals surface area contributed by atoms with E-state index in [1.54, 1.807) is 48.5 Å². The van der Waals surface area contributed by atoms with Gasteiger partial charge < -0.3 is 4.42 Å². The van der Waals surface area contributed by atoms with Gasteiger partial charge in [0, 0.05) is 5.02 Å². The predicted octanol–water partition coefficient (Wildman–Crippen LogP) is 3.14. The third kappa shape index (κ3) is 2.51. The zero-order chi connectivity index (χ0) is 14.8. The van der Waals surface area contributed by atoms with Crippen LogP contribution in [0.4, 0.5) is 11.7 Å². The van der Waals surface area contributed by atoms with E-state index < -0.39 is 5.63 Å². The molecule has 0 atom stereocenters. The summed E-state index contributed by atoms with van der Waals surface area (Å²) >= 11 is 5.81. The number of rotatable bonds is 3. The maximum absolute atomic E-state index is 11.9. The number of anilines is 2. The van der Waals surface area contributed by atoms with Gasteiger partial charge in [0.15, 0.2) is 0 Å².